The van der Waals surface area contributed by atoms with Gasteiger partial charge in [0.05, 0.1) is 6.04 Å². The number of carbonyl (C=O) groups is 1. The van der Waals surface area contributed by atoms with Crippen molar-refractivity contribution < 1.29 is 9.53 Å². The molecule has 116 valence electrons. The van der Waals surface area contributed by atoms with Gasteiger partial charge in [-0.15, -0.1) is 12.4 Å². The molecular formula is C15H21ClN2O2S. The average molecular weight is 329 g/mol. The summed E-state index contributed by atoms with van der Waals surface area (Å²) in [5, 5.41) is 0. The molecule has 0 N–H and O–H groups in total. The Balaban J connectivity index is 0.00000161. The second kappa shape index (κ2) is 7.92. The van der Waals surface area contributed by atoms with Crippen molar-refractivity contribution in [1.82, 2.24) is 9.80 Å². The van der Waals surface area contributed by atoms with Crippen LogP contribution in [0.2, 0.25) is 0 Å². The van der Waals surface area contributed by atoms with E-state index in [0.29, 0.717) is 13.2 Å². The number of ether oxygens (including phenoxy) is 1. The lowest BCUT2D eigenvalue weighted by molar-refractivity contribution is 0.154. The summed E-state index contributed by atoms with van der Waals surface area (Å²) in [7, 11) is 0. The molecule has 3 rings (SSSR count). The van der Waals surface area contributed by atoms with E-state index in [-0.39, 0.29) is 24.5 Å². The van der Waals surface area contributed by atoms with Crippen molar-refractivity contribution in [1.29, 1.82) is 0 Å². The Morgan fingerprint density at radius 2 is 1.90 bits per heavy atom. The number of halogens is 1. The largest absolute Gasteiger partial charge is 0.447 e. The quantitative estimate of drug-likeness (QED) is 0.850. The third-order valence-electron chi connectivity index (χ3n) is 3.84. The molecule has 1 aromatic rings. The number of hydrogen-bond donors (Lipinski definition) is 0. The number of nitrogens with zero attached hydrogens (tertiary/aromatic N) is 2. The van der Waals surface area contributed by atoms with Crippen LogP contribution in [-0.4, -0.2) is 59.7 Å². The molecule has 0 saturated carbocycles. The second-order valence-corrected chi connectivity index (χ2v) is 6.48. The highest BCUT2D eigenvalue weighted by Crippen LogP contribution is 2.19. The number of carbonyl (C=O) groups excluding carboxylic acids is 1. The minimum Gasteiger partial charge on any atom is -0.447 e. The maximum absolute atomic E-state index is 11.9. The maximum Gasteiger partial charge on any atom is 0.410 e. The summed E-state index contributed by atoms with van der Waals surface area (Å²) in [5.74, 6) is 2.39. The van der Waals surface area contributed by atoms with Gasteiger partial charge in [0, 0.05) is 37.7 Å². The van der Waals surface area contributed by atoms with Crippen molar-refractivity contribution in [3.8, 4) is 0 Å². The fraction of sp³-hybridized carbons (Fsp3) is 0.533. The lowest BCUT2D eigenvalue weighted by Crippen LogP contribution is -2.45. The van der Waals surface area contributed by atoms with Crippen molar-refractivity contribution in [2.75, 3.05) is 37.7 Å². The Kier molecular flexibility index (Phi) is 6.21. The van der Waals surface area contributed by atoms with Crippen LogP contribution in [0.5, 0.6) is 0 Å². The van der Waals surface area contributed by atoms with Gasteiger partial charge in [0.1, 0.15) is 6.61 Å². The Morgan fingerprint density at radius 1 is 1.19 bits per heavy atom. The first kappa shape index (κ1) is 16.5. The summed E-state index contributed by atoms with van der Waals surface area (Å²) >= 11 is 2.01. The minimum absolute atomic E-state index is 0. The van der Waals surface area contributed by atoms with Gasteiger partial charge in [-0.2, -0.15) is 11.8 Å². The van der Waals surface area contributed by atoms with E-state index in [2.05, 4.69) is 17.0 Å². The van der Waals surface area contributed by atoms with E-state index < -0.39 is 0 Å². The summed E-state index contributed by atoms with van der Waals surface area (Å²) in [6, 6.07) is 10.3. The van der Waals surface area contributed by atoms with Gasteiger partial charge in [-0.3, -0.25) is 9.80 Å². The molecule has 2 saturated heterocycles. The molecule has 0 aliphatic carbocycles. The summed E-state index contributed by atoms with van der Waals surface area (Å²) < 4.78 is 5.25. The Labute approximate surface area is 136 Å². The predicted octanol–water partition coefficient (Wildman–Crippen LogP) is 2.48. The van der Waals surface area contributed by atoms with Gasteiger partial charge in [0.25, 0.3) is 0 Å². The highest BCUT2D eigenvalue weighted by molar-refractivity contribution is 7.99. The van der Waals surface area contributed by atoms with Gasteiger partial charge in [-0.25, -0.2) is 4.79 Å². The summed E-state index contributed by atoms with van der Waals surface area (Å²) in [4.78, 5) is 16.2. The van der Waals surface area contributed by atoms with Crippen molar-refractivity contribution >= 4 is 30.3 Å². The standard InChI is InChI=1S/C15H20N2O2S.ClH/c18-15-17(10-13-4-2-1-3-5-13)14(12-19-15)11-16-6-8-20-9-7-16;/h1-5,14H,6-12H2;1H. The predicted molar refractivity (Wildman–Crippen MR) is 88.1 cm³/mol. The van der Waals surface area contributed by atoms with E-state index >= 15 is 0 Å². The van der Waals surface area contributed by atoms with Crippen LogP contribution in [0.25, 0.3) is 0 Å². The molecular weight excluding hydrogens is 308 g/mol. The van der Waals surface area contributed by atoms with E-state index in [1.54, 1.807) is 0 Å². The number of rotatable bonds is 4. The number of cyclic esters (lactones) is 1. The molecule has 2 heterocycles. The smallest absolute Gasteiger partial charge is 0.410 e. The van der Waals surface area contributed by atoms with Crippen molar-refractivity contribution in [3.63, 3.8) is 0 Å². The third kappa shape index (κ3) is 4.28. The van der Waals surface area contributed by atoms with Crippen molar-refractivity contribution in [2.24, 2.45) is 0 Å². The van der Waals surface area contributed by atoms with E-state index in [0.717, 1.165) is 25.2 Å². The van der Waals surface area contributed by atoms with Crippen LogP contribution in [-0.2, 0) is 11.3 Å². The first-order valence-electron chi connectivity index (χ1n) is 7.10. The van der Waals surface area contributed by atoms with Crippen molar-refractivity contribution in [2.45, 2.75) is 12.6 Å². The van der Waals surface area contributed by atoms with Crippen LogP contribution in [0.4, 0.5) is 4.79 Å². The molecule has 1 unspecified atom stereocenters. The molecule has 6 heteroatoms. The molecule has 0 radical (unpaired) electrons. The molecule has 2 fully saturated rings. The summed E-state index contributed by atoms with van der Waals surface area (Å²) in [6.07, 6.45) is -0.176. The third-order valence-corrected chi connectivity index (χ3v) is 4.79. The van der Waals surface area contributed by atoms with Crippen molar-refractivity contribution in [3.05, 3.63) is 35.9 Å². The summed E-state index contributed by atoms with van der Waals surface area (Å²) in [6.45, 7) is 4.34. The zero-order chi connectivity index (χ0) is 13.8. The van der Waals surface area contributed by atoms with Crippen LogP contribution in [0, 0.1) is 0 Å². The average Bonchev–Trinajstić information content (AvgIpc) is 2.83. The lowest BCUT2D eigenvalue weighted by atomic mass is 10.2. The summed E-state index contributed by atoms with van der Waals surface area (Å²) in [5.41, 5.74) is 1.16. The van der Waals surface area contributed by atoms with Gasteiger partial charge in [0.15, 0.2) is 0 Å². The zero-order valence-corrected chi connectivity index (χ0v) is 13.6. The Morgan fingerprint density at radius 3 is 2.62 bits per heavy atom. The van der Waals surface area contributed by atoms with Crippen LogP contribution < -0.4 is 0 Å². The second-order valence-electron chi connectivity index (χ2n) is 5.26. The van der Waals surface area contributed by atoms with Crippen LogP contribution >= 0.6 is 24.2 Å². The number of hydrogen-bond acceptors (Lipinski definition) is 4. The topological polar surface area (TPSA) is 32.8 Å². The Hall–Kier alpha value is -0.910. The first-order valence-corrected chi connectivity index (χ1v) is 8.26. The molecule has 0 aromatic heterocycles. The van der Waals surface area contributed by atoms with Gasteiger partial charge >= 0.3 is 6.09 Å². The number of benzene rings is 1. The van der Waals surface area contributed by atoms with Gasteiger partial charge < -0.3 is 4.74 Å². The zero-order valence-electron chi connectivity index (χ0n) is 11.9. The van der Waals surface area contributed by atoms with Gasteiger partial charge in [-0.1, -0.05) is 30.3 Å². The first-order chi connectivity index (χ1) is 9.83. The minimum atomic E-state index is -0.176. The number of amides is 1. The molecule has 2 aliphatic rings. The fourth-order valence-corrected chi connectivity index (χ4v) is 3.67. The molecule has 1 aromatic carbocycles. The van der Waals surface area contributed by atoms with Crippen LogP contribution in [0.15, 0.2) is 30.3 Å². The van der Waals surface area contributed by atoms with Crippen LogP contribution in [0.1, 0.15) is 5.56 Å². The fourth-order valence-electron chi connectivity index (χ4n) is 2.70. The Bertz CT molecular complexity index is 454. The van der Waals surface area contributed by atoms with E-state index in [1.807, 2.05) is 34.9 Å². The molecule has 21 heavy (non-hydrogen) atoms. The molecule has 1 atom stereocenters. The normalized spacial score (nSPS) is 22.8. The SMILES string of the molecule is Cl.O=C1OCC(CN2CCSCC2)N1Cc1ccccc1. The van der Waals surface area contributed by atoms with E-state index in [9.17, 15) is 4.79 Å². The lowest BCUT2D eigenvalue weighted by Gasteiger charge is -2.31. The molecule has 2 aliphatic heterocycles. The molecule has 0 spiro atoms. The molecule has 0 bridgehead atoms. The molecule has 1 amide bonds. The molecule has 4 nitrogen and oxygen atoms in total. The highest BCUT2D eigenvalue weighted by atomic mass is 35.5. The van der Waals surface area contributed by atoms with Crippen LogP contribution in [0.3, 0.4) is 0 Å². The number of thioether (sulfide) groups is 1. The monoisotopic (exact) mass is 328 g/mol. The van der Waals surface area contributed by atoms with Gasteiger partial charge in [0.2, 0.25) is 0 Å². The van der Waals surface area contributed by atoms with E-state index in [4.69, 9.17) is 4.74 Å². The van der Waals surface area contributed by atoms with Gasteiger partial charge in [-0.05, 0) is 5.56 Å². The maximum atomic E-state index is 11.9. The highest BCUT2D eigenvalue weighted by Gasteiger charge is 2.34. The van der Waals surface area contributed by atoms with E-state index in [1.165, 1.54) is 11.5 Å².